The molecular formula is C24H23N3O3S. The lowest BCUT2D eigenvalue weighted by molar-refractivity contribution is 0.102. The highest BCUT2D eigenvalue weighted by atomic mass is 32.1. The number of carbonyl (C=O) groups is 1. The molecule has 3 aromatic carbocycles. The molecule has 4 aromatic rings. The predicted octanol–water partition coefficient (Wildman–Crippen LogP) is 4.31. The Morgan fingerprint density at radius 3 is 2.55 bits per heavy atom. The van der Waals surface area contributed by atoms with Crippen molar-refractivity contribution >= 4 is 32.6 Å². The lowest BCUT2D eigenvalue weighted by Gasteiger charge is -2.05. The fourth-order valence-electron chi connectivity index (χ4n) is 3.30. The predicted molar refractivity (Wildman–Crippen MR) is 125 cm³/mol. The molecule has 4 rings (SSSR count). The zero-order valence-corrected chi connectivity index (χ0v) is 17.9. The maximum Gasteiger partial charge on any atom is 0.257 e. The number of hydrogen-bond donors (Lipinski definition) is 3. The number of benzene rings is 3. The Hall–Kier alpha value is -3.26. The largest absolute Gasteiger partial charge is 0.494 e. The van der Waals surface area contributed by atoms with Crippen LogP contribution >= 0.6 is 11.3 Å². The first-order valence-electron chi connectivity index (χ1n) is 9.94. The van der Waals surface area contributed by atoms with Gasteiger partial charge in [0.2, 0.25) is 0 Å². The number of thiazole rings is 1. The number of amides is 1. The van der Waals surface area contributed by atoms with Gasteiger partial charge in [0, 0.05) is 24.2 Å². The molecule has 0 saturated carbocycles. The van der Waals surface area contributed by atoms with Gasteiger partial charge in [0.15, 0.2) is 5.13 Å². The van der Waals surface area contributed by atoms with E-state index < -0.39 is 0 Å². The smallest absolute Gasteiger partial charge is 0.257 e. The van der Waals surface area contributed by atoms with Gasteiger partial charge in [0.25, 0.3) is 5.91 Å². The van der Waals surface area contributed by atoms with E-state index >= 15 is 0 Å². The number of nitrogens with zero attached hydrogens (tertiary/aromatic N) is 1. The number of aliphatic hydroxyl groups is 1. The van der Waals surface area contributed by atoms with Crippen LogP contribution in [0.4, 0.5) is 5.13 Å². The normalized spacial score (nSPS) is 10.9. The van der Waals surface area contributed by atoms with Crippen molar-refractivity contribution in [2.75, 3.05) is 25.6 Å². The van der Waals surface area contributed by atoms with Gasteiger partial charge in [-0.25, -0.2) is 4.98 Å². The minimum Gasteiger partial charge on any atom is -0.494 e. The summed E-state index contributed by atoms with van der Waals surface area (Å²) < 4.78 is 6.45. The third kappa shape index (κ3) is 4.74. The Morgan fingerprint density at radius 2 is 1.84 bits per heavy atom. The molecule has 0 unspecified atom stereocenters. The molecule has 158 valence electrons. The molecule has 31 heavy (non-hydrogen) atoms. The summed E-state index contributed by atoms with van der Waals surface area (Å²) in [5.41, 5.74) is 4.47. The first-order chi connectivity index (χ1) is 15.2. The highest BCUT2D eigenvalue weighted by molar-refractivity contribution is 7.23. The van der Waals surface area contributed by atoms with Gasteiger partial charge in [-0.05, 0) is 35.4 Å². The van der Waals surface area contributed by atoms with Gasteiger partial charge < -0.3 is 15.2 Å². The molecule has 0 radical (unpaired) electrons. The van der Waals surface area contributed by atoms with Crippen LogP contribution in [0.3, 0.4) is 0 Å². The second-order valence-corrected chi connectivity index (χ2v) is 7.93. The maximum absolute atomic E-state index is 12.7. The SMILES string of the molecule is COc1ccc(-c2ccccc2)c2sc(NC(=O)c3ccc(CNCCO)cc3)nc12. The van der Waals surface area contributed by atoms with Gasteiger partial charge >= 0.3 is 0 Å². The van der Waals surface area contributed by atoms with Crippen LogP contribution in [-0.2, 0) is 6.54 Å². The van der Waals surface area contributed by atoms with Crippen LogP contribution in [0.25, 0.3) is 21.3 Å². The average Bonchev–Trinajstić information content (AvgIpc) is 3.23. The van der Waals surface area contributed by atoms with Crippen molar-refractivity contribution in [2.24, 2.45) is 0 Å². The summed E-state index contributed by atoms with van der Waals surface area (Å²) in [6.07, 6.45) is 0. The Bertz CT molecular complexity index is 1170. The lowest BCUT2D eigenvalue weighted by Crippen LogP contribution is -2.17. The lowest BCUT2D eigenvalue weighted by atomic mass is 10.1. The Kier molecular flexibility index (Phi) is 6.57. The molecule has 1 amide bonds. The van der Waals surface area contributed by atoms with Gasteiger partial charge in [-0.2, -0.15) is 0 Å². The van der Waals surface area contributed by atoms with Crippen LogP contribution < -0.4 is 15.4 Å². The number of rotatable bonds is 8. The van der Waals surface area contributed by atoms with Crippen LogP contribution in [0, 0.1) is 0 Å². The summed E-state index contributed by atoms with van der Waals surface area (Å²) in [7, 11) is 1.62. The fourth-order valence-corrected chi connectivity index (χ4v) is 4.31. The molecule has 0 spiro atoms. The van der Waals surface area contributed by atoms with Crippen molar-refractivity contribution in [3.63, 3.8) is 0 Å². The van der Waals surface area contributed by atoms with E-state index in [0.29, 0.717) is 29.5 Å². The molecule has 0 fully saturated rings. The van der Waals surface area contributed by atoms with E-state index in [1.807, 2.05) is 42.5 Å². The maximum atomic E-state index is 12.7. The molecule has 0 aliphatic rings. The zero-order chi connectivity index (χ0) is 21.6. The van der Waals surface area contributed by atoms with E-state index in [0.717, 1.165) is 26.9 Å². The number of carbonyl (C=O) groups excluding carboxylic acids is 1. The Morgan fingerprint density at radius 1 is 1.06 bits per heavy atom. The topological polar surface area (TPSA) is 83.5 Å². The van der Waals surface area contributed by atoms with Crippen molar-refractivity contribution in [2.45, 2.75) is 6.54 Å². The highest BCUT2D eigenvalue weighted by Crippen LogP contribution is 2.39. The quantitative estimate of drug-likeness (QED) is 0.361. The number of aromatic nitrogens is 1. The molecule has 3 N–H and O–H groups in total. The molecule has 0 aliphatic heterocycles. The second kappa shape index (κ2) is 9.70. The van der Waals surface area contributed by atoms with E-state index in [2.05, 4.69) is 27.8 Å². The summed E-state index contributed by atoms with van der Waals surface area (Å²) in [5.74, 6) is 0.459. The molecule has 1 heterocycles. The van der Waals surface area contributed by atoms with Crippen molar-refractivity contribution in [3.05, 3.63) is 77.9 Å². The molecule has 1 aromatic heterocycles. The molecule has 6 nitrogen and oxygen atoms in total. The number of nitrogens with one attached hydrogen (secondary N) is 2. The van der Waals surface area contributed by atoms with Gasteiger partial charge in [0.1, 0.15) is 11.3 Å². The van der Waals surface area contributed by atoms with E-state index in [1.54, 1.807) is 19.2 Å². The average molecular weight is 434 g/mol. The fraction of sp³-hybridized carbons (Fsp3) is 0.167. The Balaban J connectivity index is 1.58. The Labute approximate surface area is 184 Å². The highest BCUT2D eigenvalue weighted by Gasteiger charge is 2.16. The second-order valence-electron chi connectivity index (χ2n) is 6.93. The monoisotopic (exact) mass is 433 g/mol. The molecule has 0 aliphatic carbocycles. The number of anilines is 1. The van der Waals surface area contributed by atoms with Crippen molar-refractivity contribution < 1.29 is 14.6 Å². The third-order valence-electron chi connectivity index (χ3n) is 4.87. The van der Waals surface area contributed by atoms with Gasteiger partial charge in [-0.3, -0.25) is 10.1 Å². The summed E-state index contributed by atoms with van der Waals surface area (Å²) in [5, 5.41) is 15.4. The van der Waals surface area contributed by atoms with Crippen LogP contribution in [0.1, 0.15) is 15.9 Å². The molecule has 0 saturated heterocycles. The summed E-state index contributed by atoms with van der Waals surface area (Å²) in [6.45, 7) is 1.27. The van der Waals surface area contributed by atoms with Crippen LogP contribution in [-0.4, -0.2) is 36.3 Å². The number of methoxy groups -OCH3 is 1. The molecule has 0 bridgehead atoms. The third-order valence-corrected chi connectivity index (χ3v) is 5.87. The summed E-state index contributed by atoms with van der Waals surface area (Å²) in [4.78, 5) is 17.4. The number of aliphatic hydroxyl groups excluding tert-OH is 1. The van der Waals surface area contributed by atoms with Gasteiger partial charge in [0.05, 0.1) is 18.4 Å². The summed E-state index contributed by atoms with van der Waals surface area (Å²) >= 11 is 1.43. The zero-order valence-electron chi connectivity index (χ0n) is 17.1. The van der Waals surface area contributed by atoms with E-state index in [1.165, 1.54) is 11.3 Å². The number of fused-ring (bicyclic) bond motifs is 1. The minimum absolute atomic E-state index is 0.0967. The first kappa shape index (κ1) is 21.0. The molecular weight excluding hydrogens is 410 g/mol. The summed E-state index contributed by atoms with van der Waals surface area (Å²) in [6, 6.07) is 21.4. The van der Waals surface area contributed by atoms with E-state index in [-0.39, 0.29) is 12.5 Å². The van der Waals surface area contributed by atoms with E-state index in [4.69, 9.17) is 9.84 Å². The number of ether oxygens (including phenoxy) is 1. The first-order valence-corrected chi connectivity index (χ1v) is 10.8. The van der Waals surface area contributed by atoms with E-state index in [9.17, 15) is 4.79 Å². The molecule has 0 atom stereocenters. The van der Waals surface area contributed by atoms with Crippen LogP contribution in [0.2, 0.25) is 0 Å². The van der Waals surface area contributed by atoms with Crippen molar-refractivity contribution in [3.8, 4) is 16.9 Å². The van der Waals surface area contributed by atoms with Crippen LogP contribution in [0.5, 0.6) is 5.75 Å². The minimum atomic E-state index is -0.214. The van der Waals surface area contributed by atoms with Crippen molar-refractivity contribution in [1.29, 1.82) is 0 Å². The van der Waals surface area contributed by atoms with Gasteiger partial charge in [-0.1, -0.05) is 53.8 Å². The standard InChI is InChI=1S/C24H23N3O3S/c1-30-20-12-11-19(17-5-3-2-4-6-17)22-21(20)26-24(31-22)27-23(29)18-9-7-16(8-10-18)15-25-13-14-28/h2-12,25,28H,13-15H2,1H3,(H,26,27,29). The van der Waals surface area contributed by atoms with Gasteiger partial charge in [-0.15, -0.1) is 0 Å². The molecule has 7 heteroatoms. The van der Waals surface area contributed by atoms with Crippen LogP contribution in [0.15, 0.2) is 66.7 Å². The van der Waals surface area contributed by atoms with Crippen molar-refractivity contribution in [1.82, 2.24) is 10.3 Å². The number of hydrogen-bond acceptors (Lipinski definition) is 6.